The van der Waals surface area contributed by atoms with Crippen LogP contribution in [0.1, 0.15) is 6.92 Å². The Morgan fingerprint density at radius 3 is 1.64 bits per heavy atom. The first kappa shape index (κ1) is 9.57. The van der Waals surface area contributed by atoms with E-state index in [0.717, 1.165) is 12.1 Å². The van der Waals surface area contributed by atoms with Crippen molar-refractivity contribution < 1.29 is 8.78 Å². The Morgan fingerprint density at radius 1 is 1.18 bits per heavy atom. The van der Waals surface area contributed by atoms with Crippen LogP contribution in [-0.2, 0) is 0 Å². The minimum atomic E-state index is -0.799. The smallest absolute Gasteiger partial charge is 0.158 e. The fraction of sp³-hybridized carbons (Fsp3) is 0.125. The molecule has 0 spiro atoms. The van der Waals surface area contributed by atoms with E-state index >= 15 is 0 Å². The standard InChI is InChI=1S/C6H4F2.C2H3N/c7-5-3-1-2-4-6(5)8;1-2-3/h1-4H;1H3. The van der Waals surface area contributed by atoms with Crippen molar-refractivity contribution in [3.8, 4) is 6.07 Å². The van der Waals surface area contributed by atoms with Crippen molar-refractivity contribution in [1.29, 1.82) is 5.26 Å². The molecule has 0 aliphatic rings. The van der Waals surface area contributed by atoms with Crippen molar-refractivity contribution in [2.75, 3.05) is 0 Å². The summed E-state index contributed by atoms with van der Waals surface area (Å²) >= 11 is 0. The van der Waals surface area contributed by atoms with Crippen molar-refractivity contribution in [2.24, 2.45) is 0 Å². The van der Waals surface area contributed by atoms with Gasteiger partial charge in [0.15, 0.2) is 11.6 Å². The quantitative estimate of drug-likeness (QED) is 0.564. The highest BCUT2D eigenvalue weighted by Crippen LogP contribution is 2.01. The third-order valence-corrected chi connectivity index (χ3v) is 0.824. The first-order chi connectivity index (χ1) is 5.22. The molecule has 1 nitrogen and oxygen atoms in total. The minimum absolute atomic E-state index is 0.799. The fourth-order valence-corrected chi connectivity index (χ4v) is 0.439. The van der Waals surface area contributed by atoms with Gasteiger partial charge in [-0.2, -0.15) is 5.26 Å². The van der Waals surface area contributed by atoms with Crippen LogP contribution in [0, 0.1) is 23.0 Å². The van der Waals surface area contributed by atoms with Gasteiger partial charge < -0.3 is 0 Å². The molecule has 0 aliphatic carbocycles. The highest BCUT2D eigenvalue weighted by atomic mass is 19.2. The van der Waals surface area contributed by atoms with Crippen molar-refractivity contribution in [1.82, 2.24) is 0 Å². The molecule has 0 atom stereocenters. The van der Waals surface area contributed by atoms with Gasteiger partial charge in [0.1, 0.15) is 0 Å². The molecule has 1 aromatic carbocycles. The van der Waals surface area contributed by atoms with Crippen molar-refractivity contribution in [3.05, 3.63) is 35.9 Å². The van der Waals surface area contributed by atoms with E-state index in [1.807, 2.05) is 0 Å². The number of nitrogens with zero attached hydrogens (tertiary/aromatic N) is 1. The Kier molecular flexibility index (Phi) is 4.67. The second-order valence-corrected chi connectivity index (χ2v) is 1.64. The van der Waals surface area contributed by atoms with Crippen LogP contribution in [0.5, 0.6) is 0 Å². The molecule has 0 saturated heterocycles. The monoisotopic (exact) mass is 155 g/mol. The molecule has 1 rings (SSSR count). The molecule has 0 bridgehead atoms. The number of hydrogen-bond donors (Lipinski definition) is 0. The summed E-state index contributed by atoms with van der Waals surface area (Å²) in [6.07, 6.45) is 0. The summed E-state index contributed by atoms with van der Waals surface area (Å²) in [4.78, 5) is 0. The Labute approximate surface area is 63.9 Å². The van der Waals surface area contributed by atoms with Crippen LogP contribution in [0.15, 0.2) is 24.3 Å². The van der Waals surface area contributed by atoms with Crippen LogP contribution < -0.4 is 0 Å². The zero-order valence-corrected chi connectivity index (χ0v) is 6.01. The molecule has 0 radical (unpaired) electrons. The second kappa shape index (κ2) is 5.36. The van der Waals surface area contributed by atoms with Gasteiger partial charge in [-0.05, 0) is 12.1 Å². The average molecular weight is 155 g/mol. The molecule has 0 fully saturated rings. The maximum atomic E-state index is 11.9. The van der Waals surface area contributed by atoms with Crippen LogP contribution >= 0.6 is 0 Å². The first-order valence-electron chi connectivity index (χ1n) is 2.93. The van der Waals surface area contributed by atoms with Gasteiger partial charge in [0.05, 0.1) is 6.07 Å². The first-order valence-corrected chi connectivity index (χ1v) is 2.93. The summed E-state index contributed by atoms with van der Waals surface area (Å²) in [6.45, 7) is 1.43. The van der Waals surface area contributed by atoms with Gasteiger partial charge in [0.2, 0.25) is 0 Å². The molecule has 0 aliphatic heterocycles. The van der Waals surface area contributed by atoms with Gasteiger partial charge in [-0.25, -0.2) is 8.78 Å². The summed E-state index contributed by atoms with van der Waals surface area (Å²) in [5.74, 6) is -1.60. The lowest BCUT2D eigenvalue weighted by atomic mass is 10.3. The number of halogens is 2. The molecule has 0 N–H and O–H groups in total. The topological polar surface area (TPSA) is 23.8 Å². The van der Waals surface area contributed by atoms with Crippen LogP contribution in [0.2, 0.25) is 0 Å². The maximum Gasteiger partial charge on any atom is 0.158 e. The van der Waals surface area contributed by atoms with Crippen molar-refractivity contribution in [2.45, 2.75) is 6.92 Å². The number of nitriles is 1. The molecule has 0 heterocycles. The Balaban J connectivity index is 0.000000292. The summed E-state index contributed by atoms with van der Waals surface area (Å²) in [5, 5.41) is 7.32. The average Bonchev–Trinajstić information content (AvgIpc) is 1.97. The molecule has 0 amide bonds. The van der Waals surface area contributed by atoms with E-state index in [9.17, 15) is 8.78 Å². The van der Waals surface area contributed by atoms with E-state index in [1.165, 1.54) is 19.1 Å². The zero-order chi connectivity index (χ0) is 8.69. The fourth-order valence-electron chi connectivity index (χ4n) is 0.439. The SMILES string of the molecule is CC#N.Fc1ccccc1F. The third-order valence-electron chi connectivity index (χ3n) is 0.824. The lowest BCUT2D eigenvalue weighted by Gasteiger charge is -1.85. The van der Waals surface area contributed by atoms with Gasteiger partial charge >= 0.3 is 0 Å². The lowest BCUT2D eigenvalue weighted by molar-refractivity contribution is 0.508. The summed E-state index contributed by atoms with van der Waals surface area (Å²) in [7, 11) is 0. The zero-order valence-electron chi connectivity index (χ0n) is 6.01. The van der Waals surface area contributed by atoms with E-state index in [-0.39, 0.29) is 0 Å². The molecule has 58 valence electrons. The van der Waals surface area contributed by atoms with Gasteiger partial charge in [-0.1, -0.05) is 12.1 Å². The second-order valence-electron chi connectivity index (χ2n) is 1.64. The van der Waals surface area contributed by atoms with Crippen molar-refractivity contribution in [3.63, 3.8) is 0 Å². The van der Waals surface area contributed by atoms with Crippen LogP contribution in [0.3, 0.4) is 0 Å². The Hall–Kier alpha value is -1.43. The Bertz CT molecular complexity index is 232. The number of hydrogen-bond acceptors (Lipinski definition) is 1. The predicted molar refractivity (Wildman–Crippen MR) is 37.6 cm³/mol. The molecule has 0 aromatic heterocycles. The van der Waals surface area contributed by atoms with Gasteiger partial charge in [-0.3, -0.25) is 0 Å². The molecule has 3 heteroatoms. The number of benzene rings is 1. The summed E-state index contributed by atoms with van der Waals surface area (Å²) in [5.41, 5.74) is 0. The largest absolute Gasteiger partial charge is 0.204 e. The van der Waals surface area contributed by atoms with E-state index in [1.54, 1.807) is 6.07 Å². The normalized spacial score (nSPS) is 7.45. The third kappa shape index (κ3) is 4.04. The minimum Gasteiger partial charge on any atom is -0.204 e. The highest BCUT2D eigenvalue weighted by molar-refractivity contribution is 5.05. The Morgan fingerprint density at radius 2 is 1.45 bits per heavy atom. The van der Waals surface area contributed by atoms with Crippen LogP contribution in [-0.4, -0.2) is 0 Å². The summed E-state index contributed by atoms with van der Waals surface area (Å²) in [6, 6.07) is 6.79. The van der Waals surface area contributed by atoms with E-state index in [0.29, 0.717) is 0 Å². The number of rotatable bonds is 0. The van der Waals surface area contributed by atoms with Crippen LogP contribution in [0.4, 0.5) is 8.78 Å². The van der Waals surface area contributed by atoms with Gasteiger partial charge in [-0.15, -0.1) is 0 Å². The predicted octanol–water partition coefficient (Wildman–Crippen LogP) is 2.49. The van der Waals surface area contributed by atoms with Crippen LogP contribution in [0.25, 0.3) is 0 Å². The van der Waals surface area contributed by atoms with E-state index < -0.39 is 11.6 Å². The molecular weight excluding hydrogens is 148 g/mol. The van der Waals surface area contributed by atoms with Gasteiger partial charge in [0.25, 0.3) is 0 Å². The molecule has 0 unspecified atom stereocenters. The molecule has 11 heavy (non-hydrogen) atoms. The lowest BCUT2D eigenvalue weighted by Crippen LogP contribution is -1.77. The van der Waals surface area contributed by atoms with E-state index in [2.05, 4.69) is 0 Å². The van der Waals surface area contributed by atoms with Crippen molar-refractivity contribution >= 4 is 0 Å². The molecule has 1 aromatic rings. The van der Waals surface area contributed by atoms with E-state index in [4.69, 9.17) is 5.26 Å². The highest BCUT2D eigenvalue weighted by Gasteiger charge is 1.93. The summed E-state index contributed by atoms with van der Waals surface area (Å²) < 4.78 is 23.9. The molecule has 0 saturated carbocycles. The molecular formula is C8H7F2N. The van der Waals surface area contributed by atoms with Gasteiger partial charge in [0, 0.05) is 6.92 Å². The maximum absolute atomic E-state index is 11.9.